The number of rotatable bonds is 2. The molecule has 2 rings (SSSR count). The lowest BCUT2D eigenvalue weighted by molar-refractivity contribution is -0.515. The SMILES string of the molecule is CC[N+](CC)=C1S[C@H]2CS(=O)(=O)C(Br)[C@H]2S1. The molecule has 2 heterocycles. The van der Waals surface area contributed by atoms with E-state index in [4.69, 9.17) is 0 Å². The molecule has 2 saturated heterocycles. The third-order valence-electron chi connectivity index (χ3n) is 2.88. The number of alkyl halides is 1. The van der Waals surface area contributed by atoms with Crippen LogP contribution < -0.4 is 0 Å². The molecule has 0 aromatic heterocycles. The lowest BCUT2D eigenvalue weighted by atomic mass is 10.4. The summed E-state index contributed by atoms with van der Waals surface area (Å²) in [4.78, 5) is 0. The summed E-state index contributed by atoms with van der Waals surface area (Å²) in [6, 6.07) is 0. The zero-order valence-electron chi connectivity index (χ0n) is 9.22. The fourth-order valence-corrected chi connectivity index (χ4v) is 9.67. The predicted molar refractivity (Wildman–Crippen MR) is 75.6 cm³/mol. The van der Waals surface area contributed by atoms with Gasteiger partial charge in [-0.2, -0.15) is 0 Å². The number of hydrogen-bond acceptors (Lipinski definition) is 4. The maximum Gasteiger partial charge on any atom is 0.270 e. The second kappa shape index (κ2) is 4.82. The molecule has 2 aliphatic heterocycles. The van der Waals surface area contributed by atoms with Crippen molar-refractivity contribution in [2.75, 3.05) is 18.8 Å². The molecule has 2 fully saturated rings. The molecule has 7 heteroatoms. The molecular formula is C9H15BrNO2S3+. The van der Waals surface area contributed by atoms with Crippen molar-refractivity contribution in [3.63, 3.8) is 0 Å². The molecule has 0 radical (unpaired) electrons. The fourth-order valence-electron chi connectivity index (χ4n) is 1.92. The van der Waals surface area contributed by atoms with Gasteiger partial charge in [-0.05, 0) is 37.4 Å². The summed E-state index contributed by atoms with van der Waals surface area (Å²) >= 11 is 6.80. The van der Waals surface area contributed by atoms with Crippen molar-refractivity contribution in [2.24, 2.45) is 0 Å². The summed E-state index contributed by atoms with van der Waals surface area (Å²) in [5.41, 5.74) is 0. The summed E-state index contributed by atoms with van der Waals surface area (Å²) in [5, 5.41) is 0.417. The van der Waals surface area contributed by atoms with Crippen LogP contribution in [0.3, 0.4) is 0 Å². The first-order valence-electron chi connectivity index (χ1n) is 5.30. The smallest absolute Gasteiger partial charge is 0.228 e. The molecule has 16 heavy (non-hydrogen) atoms. The predicted octanol–water partition coefficient (Wildman–Crippen LogP) is 1.76. The van der Waals surface area contributed by atoms with Crippen molar-refractivity contribution in [1.82, 2.24) is 0 Å². The topological polar surface area (TPSA) is 37.1 Å². The van der Waals surface area contributed by atoms with Gasteiger partial charge >= 0.3 is 0 Å². The Balaban J connectivity index is 2.22. The first-order chi connectivity index (χ1) is 7.49. The van der Waals surface area contributed by atoms with Crippen molar-refractivity contribution in [2.45, 2.75) is 28.5 Å². The number of fused-ring (bicyclic) bond motifs is 1. The average molecular weight is 345 g/mol. The molecule has 0 aromatic carbocycles. The zero-order chi connectivity index (χ0) is 11.9. The third-order valence-corrected chi connectivity index (χ3v) is 11.0. The van der Waals surface area contributed by atoms with Crippen molar-refractivity contribution in [3.8, 4) is 0 Å². The van der Waals surface area contributed by atoms with Crippen molar-refractivity contribution < 1.29 is 13.0 Å². The lowest BCUT2D eigenvalue weighted by Crippen LogP contribution is -2.19. The lowest BCUT2D eigenvalue weighted by Gasteiger charge is -2.06. The summed E-state index contributed by atoms with van der Waals surface area (Å²) in [5.74, 6) is 0.315. The van der Waals surface area contributed by atoms with Gasteiger partial charge in [0.15, 0.2) is 9.84 Å². The molecule has 0 amide bonds. The van der Waals surface area contributed by atoms with Crippen LogP contribution in [0.5, 0.6) is 0 Å². The third kappa shape index (κ3) is 2.20. The quantitative estimate of drug-likeness (QED) is 0.565. The van der Waals surface area contributed by atoms with Gasteiger partial charge in [0, 0.05) is 5.25 Å². The highest BCUT2D eigenvalue weighted by Crippen LogP contribution is 2.49. The molecule has 0 saturated carbocycles. The van der Waals surface area contributed by atoms with E-state index in [1.165, 1.54) is 4.38 Å². The van der Waals surface area contributed by atoms with E-state index in [2.05, 4.69) is 34.4 Å². The summed E-state index contributed by atoms with van der Waals surface area (Å²) in [7, 11) is -2.90. The Bertz CT molecular complexity index is 414. The number of nitrogens with zero attached hydrogens (tertiary/aromatic N) is 1. The van der Waals surface area contributed by atoms with Gasteiger partial charge < -0.3 is 0 Å². The molecule has 1 unspecified atom stereocenters. The Labute approximate surface area is 113 Å². The molecule has 2 aliphatic rings. The second-order valence-corrected chi connectivity index (χ2v) is 10.3. The second-order valence-electron chi connectivity index (χ2n) is 3.86. The van der Waals surface area contributed by atoms with E-state index in [1.54, 1.807) is 23.5 Å². The number of sulfone groups is 1. The molecule has 0 N–H and O–H groups in total. The van der Waals surface area contributed by atoms with Gasteiger partial charge in [0.05, 0.1) is 11.0 Å². The Morgan fingerprint density at radius 1 is 1.38 bits per heavy atom. The van der Waals surface area contributed by atoms with Gasteiger partial charge in [0.1, 0.15) is 17.2 Å². The molecule has 92 valence electrons. The largest absolute Gasteiger partial charge is 0.270 e. The van der Waals surface area contributed by atoms with Crippen LogP contribution in [0.25, 0.3) is 0 Å². The van der Waals surface area contributed by atoms with E-state index in [-0.39, 0.29) is 14.7 Å². The fraction of sp³-hybridized carbons (Fsp3) is 0.889. The van der Waals surface area contributed by atoms with E-state index in [0.717, 1.165) is 13.1 Å². The molecule has 3 atom stereocenters. The minimum atomic E-state index is -2.90. The number of hydrogen-bond donors (Lipinski definition) is 0. The van der Waals surface area contributed by atoms with Crippen LogP contribution in [0, 0.1) is 0 Å². The van der Waals surface area contributed by atoms with Crippen LogP contribution in [-0.4, -0.2) is 50.9 Å². The van der Waals surface area contributed by atoms with Crippen LogP contribution in [0.1, 0.15) is 13.8 Å². The monoisotopic (exact) mass is 344 g/mol. The normalized spacial score (nSPS) is 36.4. The van der Waals surface area contributed by atoms with Crippen LogP contribution in [0.15, 0.2) is 0 Å². The molecule has 0 aromatic rings. The van der Waals surface area contributed by atoms with Crippen molar-refractivity contribution in [3.05, 3.63) is 0 Å². The Morgan fingerprint density at radius 3 is 2.50 bits per heavy atom. The van der Waals surface area contributed by atoms with Crippen LogP contribution in [0.2, 0.25) is 0 Å². The van der Waals surface area contributed by atoms with Crippen molar-refractivity contribution >= 4 is 53.7 Å². The minimum absolute atomic E-state index is 0.186. The van der Waals surface area contributed by atoms with Crippen LogP contribution in [-0.2, 0) is 9.84 Å². The Hall–Kier alpha value is 0.800. The van der Waals surface area contributed by atoms with Crippen LogP contribution >= 0.6 is 39.5 Å². The highest BCUT2D eigenvalue weighted by Gasteiger charge is 2.53. The van der Waals surface area contributed by atoms with E-state index in [1.807, 2.05) is 0 Å². The first-order valence-corrected chi connectivity index (χ1v) is 9.69. The van der Waals surface area contributed by atoms with Crippen molar-refractivity contribution in [1.29, 1.82) is 0 Å². The van der Waals surface area contributed by atoms with Gasteiger partial charge in [0.2, 0.25) is 0 Å². The van der Waals surface area contributed by atoms with Crippen LogP contribution in [0.4, 0.5) is 0 Å². The minimum Gasteiger partial charge on any atom is -0.228 e. The van der Waals surface area contributed by atoms with E-state index in [9.17, 15) is 8.42 Å². The number of thioether (sulfide) groups is 2. The van der Waals surface area contributed by atoms with E-state index in [0.29, 0.717) is 5.75 Å². The molecule has 0 aliphatic carbocycles. The van der Waals surface area contributed by atoms with Gasteiger partial charge in [-0.1, -0.05) is 15.9 Å². The summed E-state index contributed by atoms with van der Waals surface area (Å²) in [6.07, 6.45) is 0. The van der Waals surface area contributed by atoms with Gasteiger partial charge in [-0.25, -0.2) is 13.0 Å². The highest BCUT2D eigenvalue weighted by atomic mass is 79.9. The maximum atomic E-state index is 11.7. The number of halogens is 1. The molecule has 0 spiro atoms. The van der Waals surface area contributed by atoms with Gasteiger partial charge in [-0.15, -0.1) is 0 Å². The maximum absolute atomic E-state index is 11.7. The molecular weight excluding hydrogens is 330 g/mol. The standard InChI is InChI=1S/C9H15BrNO2S3/c1-3-11(4-2)9-14-6-5-16(12,13)8(10)7(6)15-9/h6-8H,3-5H2,1-2H3/q+1/t6-,7-,8?/m0/s1. The molecule has 0 bridgehead atoms. The Morgan fingerprint density at radius 2 is 2.00 bits per heavy atom. The molecule has 3 nitrogen and oxygen atoms in total. The average Bonchev–Trinajstić information content (AvgIpc) is 2.69. The summed E-state index contributed by atoms with van der Waals surface area (Å²) in [6.45, 7) is 6.25. The Kier molecular flexibility index (Phi) is 3.99. The van der Waals surface area contributed by atoms with Gasteiger partial charge in [0.25, 0.3) is 4.38 Å². The van der Waals surface area contributed by atoms with Gasteiger partial charge in [-0.3, -0.25) is 0 Å². The highest BCUT2D eigenvalue weighted by molar-refractivity contribution is 9.11. The zero-order valence-corrected chi connectivity index (χ0v) is 13.3. The first kappa shape index (κ1) is 13.2. The van der Waals surface area contributed by atoms with E-state index < -0.39 is 9.84 Å². The van der Waals surface area contributed by atoms with E-state index >= 15 is 0 Å². The summed E-state index contributed by atoms with van der Waals surface area (Å²) < 4.78 is 26.6.